The van der Waals surface area contributed by atoms with Gasteiger partial charge in [0, 0.05) is 16.1 Å². The van der Waals surface area contributed by atoms with E-state index in [1.54, 1.807) is 41.2 Å². The minimum absolute atomic E-state index is 0.311. The summed E-state index contributed by atoms with van der Waals surface area (Å²) in [6, 6.07) is 22.1. The number of carbonyl (C=O) groups is 2. The monoisotopic (exact) mass is 438 g/mol. The van der Waals surface area contributed by atoms with E-state index in [1.165, 1.54) is 0 Å². The van der Waals surface area contributed by atoms with Crippen LogP contribution in [0.25, 0.3) is 0 Å². The van der Waals surface area contributed by atoms with Crippen LogP contribution in [0.1, 0.15) is 27.5 Å². The molecule has 0 spiro atoms. The number of rotatable bonds is 4. The van der Waals surface area contributed by atoms with Gasteiger partial charge in [-0.1, -0.05) is 65.7 Å². The van der Waals surface area contributed by atoms with Gasteiger partial charge in [0.15, 0.2) is 6.04 Å². The molecule has 0 radical (unpaired) electrons. The maximum atomic E-state index is 12.8. The van der Waals surface area contributed by atoms with Gasteiger partial charge in [-0.25, -0.2) is 0 Å². The molecule has 30 heavy (non-hydrogen) atoms. The van der Waals surface area contributed by atoms with Gasteiger partial charge in [0.05, 0.1) is 10.6 Å². The van der Waals surface area contributed by atoms with E-state index in [0.717, 1.165) is 11.1 Å². The first-order valence-corrected chi connectivity index (χ1v) is 10.1. The van der Waals surface area contributed by atoms with E-state index in [1.807, 2.05) is 48.5 Å². The third-order valence-corrected chi connectivity index (χ3v) is 5.45. The van der Waals surface area contributed by atoms with E-state index in [-0.39, 0.29) is 11.8 Å². The summed E-state index contributed by atoms with van der Waals surface area (Å²) in [4.78, 5) is 25.6. The van der Waals surface area contributed by atoms with Crippen LogP contribution in [0.2, 0.25) is 10.0 Å². The number of halogens is 2. The van der Waals surface area contributed by atoms with Gasteiger partial charge in [0.1, 0.15) is 0 Å². The fraction of sp³-hybridized carbons (Fsp3) is 0.0870. The van der Waals surface area contributed by atoms with E-state index in [0.29, 0.717) is 15.6 Å². The van der Waals surface area contributed by atoms with Gasteiger partial charge in [0.2, 0.25) is 12.3 Å². The molecule has 1 saturated heterocycles. The van der Waals surface area contributed by atoms with Crippen LogP contribution in [-0.2, 0) is 4.79 Å². The summed E-state index contributed by atoms with van der Waals surface area (Å²) < 4.78 is 1.69. The van der Waals surface area contributed by atoms with Crippen LogP contribution in [0.4, 0.5) is 0 Å². The smallest absolute Gasteiger partial charge is 0.304 e. The summed E-state index contributed by atoms with van der Waals surface area (Å²) in [5, 5.41) is 3.95. The number of carbonyl (C=O) groups excluding carboxylic acids is 2. The maximum Gasteiger partial charge on any atom is 0.304 e. The number of amides is 2. The van der Waals surface area contributed by atoms with Crippen molar-refractivity contribution in [1.82, 2.24) is 10.7 Å². The van der Waals surface area contributed by atoms with Crippen molar-refractivity contribution in [2.75, 3.05) is 0 Å². The lowest BCUT2D eigenvalue weighted by Gasteiger charge is -2.14. The highest BCUT2D eigenvalue weighted by molar-refractivity contribution is 6.33. The Morgan fingerprint density at radius 2 is 1.60 bits per heavy atom. The van der Waals surface area contributed by atoms with Crippen molar-refractivity contribution in [1.29, 1.82) is 0 Å². The molecule has 0 unspecified atom stereocenters. The van der Waals surface area contributed by atoms with Crippen LogP contribution < -0.4 is 10.7 Å². The normalized spacial score (nSPS) is 19.5. The molecule has 0 aromatic heterocycles. The van der Waals surface area contributed by atoms with E-state index in [2.05, 4.69) is 10.7 Å². The van der Waals surface area contributed by atoms with E-state index >= 15 is 0 Å². The van der Waals surface area contributed by atoms with Crippen molar-refractivity contribution in [2.24, 2.45) is 0 Å². The summed E-state index contributed by atoms with van der Waals surface area (Å²) in [7, 11) is 0. The van der Waals surface area contributed by atoms with Crippen LogP contribution in [0, 0.1) is 0 Å². The first-order valence-electron chi connectivity index (χ1n) is 9.32. The Kier molecular flexibility index (Phi) is 5.84. The third-order valence-electron chi connectivity index (χ3n) is 4.85. The third kappa shape index (κ3) is 4.22. The molecule has 1 aliphatic rings. The van der Waals surface area contributed by atoms with Crippen molar-refractivity contribution >= 4 is 41.2 Å². The zero-order valence-corrected chi connectivity index (χ0v) is 17.3. The summed E-state index contributed by atoms with van der Waals surface area (Å²) in [5.74, 6) is -0.665. The van der Waals surface area contributed by atoms with Gasteiger partial charge < -0.3 is 5.32 Å². The van der Waals surface area contributed by atoms with Crippen molar-refractivity contribution in [2.45, 2.75) is 12.1 Å². The van der Waals surface area contributed by atoms with E-state index in [4.69, 9.17) is 23.2 Å². The molecule has 1 fully saturated rings. The van der Waals surface area contributed by atoms with Crippen molar-refractivity contribution in [3.63, 3.8) is 0 Å². The molecule has 2 N–H and O–H groups in total. The van der Waals surface area contributed by atoms with Gasteiger partial charge in [-0.3, -0.25) is 9.59 Å². The lowest BCUT2D eigenvalue weighted by molar-refractivity contribution is -0.596. The Morgan fingerprint density at radius 3 is 2.30 bits per heavy atom. The molecule has 0 bridgehead atoms. The number of hydrogen-bond acceptors (Lipinski definition) is 2. The highest BCUT2D eigenvalue weighted by atomic mass is 35.5. The second-order valence-corrected chi connectivity index (χ2v) is 7.69. The average Bonchev–Trinajstić information content (AvgIpc) is 3.05. The van der Waals surface area contributed by atoms with Crippen LogP contribution in [0.15, 0.2) is 78.9 Å². The number of hydrazine groups is 1. The molecule has 4 rings (SSSR count). The molecule has 0 saturated carbocycles. The van der Waals surface area contributed by atoms with Gasteiger partial charge >= 0.3 is 5.91 Å². The SMILES string of the molecule is O=C(N[C@H]1C(=O)N/[N+](=C\c2ccccc2Cl)[C@@H]1c1ccccc1)c1ccc(Cl)cc1. The molecule has 1 aliphatic heterocycles. The highest BCUT2D eigenvalue weighted by Gasteiger charge is 2.47. The predicted octanol–water partition coefficient (Wildman–Crippen LogP) is 4.01. The molecule has 1 heterocycles. The molecule has 3 aromatic carbocycles. The van der Waals surface area contributed by atoms with Gasteiger partial charge in [-0.15, -0.1) is 10.1 Å². The fourth-order valence-electron chi connectivity index (χ4n) is 3.39. The standard InChI is InChI=1S/C23H17Cl2N3O2/c24-18-12-10-16(11-13-18)22(29)26-20-21(15-6-2-1-3-7-15)28(27-23(20)30)14-17-8-4-5-9-19(17)25/h1-14,20-21H,(H-,26,27,29,30)/p+1/b28-14-/t20-,21-/m1/s1. The number of nitrogens with one attached hydrogen (secondary N) is 2. The average molecular weight is 439 g/mol. The molecule has 150 valence electrons. The molecule has 0 aliphatic carbocycles. The van der Waals surface area contributed by atoms with Gasteiger partial charge in [0.25, 0.3) is 5.91 Å². The first kappa shape index (κ1) is 20.1. The minimum Gasteiger partial charge on any atom is -0.334 e. The highest BCUT2D eigenvalue weighted by Crippen LogP contribution is 2.26. The Bertz CT molecular complexity index is 1110. The van der Waals surface area contributed by atoms with E-state index in [9.17, 15) is 9.59 Å². The topological polar surface area (TPSA) is 61.2 Å². The van der Waals surface area contributed by atoms with Crippen molar-refractivity contribution in [3.05, 3.63) is 106 Å². The molecular weight excluding hydrogens is 421 g/mol. The lowest BCUT2D eigenvalue weighted by atomic mass is 10.00. The molecule has 5 nitrogen and oxygen atoms in total. The molecule has 7 heteroatoms. The summed E-state index contributed by atoms with van der Waals surface area (Å²) in [6.07, 6.45) is 1.77. The number of nitrogens with zero attached hydrogens (tertiary/aromatic N) is 1. The van der Waals surface area contributed by atoms with Gasteiger partial charge in [-0.05, 0) is 36.4 Å². The summed E-state index contributed by atoms with van der Waals surface area (Å²) >= 11 is 12.2. The van der Waals surface area contributed by atoms with Crippen molar-refractivity contribution < 1.29 is 14.3 Å². The maximum absolute atomic E-state index is 12.8. The lowest BCUT2D eigenvalue weighted by Crippen LogP contribution is -2.42. The first-order chi connectivity index (χ1) is 14.5. The van der Waals surface area contributed by atoms with Crippen LogP contribution in [0.3, 0.4) is 0 Å². The molecule has 2 amide bonds. The van der Waals surface area contributed by atoms with Gasteiger partial charge in [-0.2, -0.15) is 0 Å². The molecular formula is C23H18Cl2N3O2+. The Labute approximate surface area is 183 Å². The zero-order valence-electron chi connectivity index (χ0n) is 15.8. The second kappa shape index (κ2) is 8.69. The summed E-state index contributed by atoms with van der Waals surface area (Å²) in [5.41, 5.74) is 4.89. The zero-order chi connectivity index (χ0) is 21.1. The van der Waals surface area contributed by atoms with Crippen molar-refractivity contribution in [3.8, 4) is 0 Å². The largest absolute Gasteiger partial charge is 0.334 e. The minimum atomic E-state index is -0.797. The Morgan fingerprint density at radius 1 is 0.933 bits per heavy atom. The summed E-state index contributed by atoms with van der Waals surface area (Å²) in [6.45, 7) is 0. The number of hydrazone groups is 1. The quantitative estimate of drug-likeness (QED) is 0.604. The number of hydrogen-bond donors (Lipinski definition) is 2. The Hall–Kier alpha value is -3.15. The van der Waals surface area contributed by atoms with Crippen LogP contribution in [-0.4, -0.2) is 28.8 Å². The van der Waals surface area contributed by atoms with Crippen LogP contribution in [0.5, 0.6) is 0 Å². The van der Waals surface area contributed by atoms with Crippen LogP contribution >= 0.6 is 23.2 Å². The Balaban J connectivity index is 1.70. The predicted molar refractivity (Wildman–Crippen MR) is 117 cm³/mol. The number of benzene rings is 3. The second-order valence-electron chi connectivity index (χ2n) is 6.85. The van der Waals surface area contributed by atoms with E-state index < -0.39 is 12.1 Å². The molecule has 3 aromatic rings. The molecule has 2 atom stereocenters. The fourth-order valence-corrected chi connectivity index (χ4v) is 3.70.